The highest BCUT2D eigenvalue weighted by Gasteiger charge is 2.20. The second-order valence-electron chi connectivity index (χ2n) is 6.65. The van der Waals surface area contributed by atoms with Crippen LogP contribution >= 0.6 is 0 Å². The van der Waals surface area contributed by atoms with Gasteiger partial charge in [-0.2, -0.15) is 4.98 Å². The van der Waals surface area contributed by atoms with E-state index in [1.165, 1.54) is 0 Å². The van der Waals surface area contributed by atoms with Gasteiger partial charge in [0.1, 0.15) is 5.82 Å². The van der Waals surface area contributed by atoms with Crippen molar-refractivity contribution in [3.63, 3.8) is 0 Å². The predicted molar refractivity (Wildman–Crippen MR) is 98.7 cm³/mol. The minimum atomic E-state index is -0.419. The van der Waals surface area contributed by atoms with Gasteiger partial charge in [-0.15, -0.1) is 0 Å². The summed E-state index contributed by atoms with van der Waals surface area (Å²) >= 11 is 0. The van der Waals surface area contributed by atoms with Crippen LogP contribution in [-0.2, 0) is 4.79 Å². The number of nitrogens with one attached hydrogen (secondary N) is 3. The number of hydrogen-bond donors (Lipinski definition) is 3. The average Bonchev–Trinajstić information content (AvgIpc) is 2.48. The second-order valence-corrected chi connectivity index (χ2v) is 6.65. The Morgan fingerprint density at radius 2 is 1.71 bits per heavy atom. The molecule has 0 saturated carbocycles. The Morgan fingerprint density at radius 3 is 2.29 bits per heavy atom. The van der Waals surface area contributed by atoms with E-state index in [4.69, 9.17) is 0 Å². The van der Waals surface area contributed by atoms with Crippen LogP contribution in [0, 0.1) is 12.3 Å². The summed E-state index contributed by atoms with van der Waals surface area (Å²) in [5.74, 6) is 1.32. The minimum Gasteiger partial charge on any atom is -0.354 e. The largest absolute Gasteiger partial charge is 0.354 e. The topological polar surface area (TPSA) is 78.9 Å². The van der Waals surface area contributed by atoms with Crippen LogP contribution in [0.3, 0.4) is 0 Å². The Morgan fingerprint density at radius 1 is 1.08 bits per heavy atom. The predicted octanol–water partition coefficient (Wildman–Crippen LogP) is 3.95. The van der Waals surface area contributed by atoms with Gasteiger partial charge in [-0.1, -0.05) is 20.8 Å². The molecule has 0 radical (unpaired) electrons. The summed E-state index contributed by atoms with van der Waals surface area (Å²) in [4.78, 5) is 20.7. The third-order valence-electron chi connectivity index (χ3n) is 3.29. The Kier molecular flexibility index (Phi) is 5.39. The van der Waals surface area contributed by atoms with Crippen molar-refractivity contribution in [2.24, 2.45) is 5.41 Å². The van der Waals surface area contributed by atoms with Crippen LogP contribution in [0.1, 0.15) is 33.4 Å². The van der Waals surface area contributed by atoms with Gasteiger partial charge in [0.25, 0.3) is 0 Å². The number of aromatic nitrogens is 2. The van der Waals surface area contributed by atoms with Gasteiger partial charge in [0.15, 0.2) is 0 Å². The molecule has 0 saturated heterocycles. The first kappa shape index (κ1) is 17.7. The van der Waals surface area contributed by atoms with E-state index in [0.717, 1.165) is 29.4 Å². The van der Waals surface area contributed by atoms with Crippen molar-refractivity contribution in [1.29, 1.82) is 0 Å². The van der Waals surface area contributed by atoms with Gasteiger partial charge in [0.05, 0.1) is 0 Å². The summed E-state index contributed by atoms with van der Waals surface area (Å²) in [6.45, 7) is 10.4. The normalized spacial score (nSPS) is 11.0. The number of amides is 1. The average molecular weight is 327 g/mol. The molecule has 6 nitrogen and oxygen atoms in total. The van der Waals surface area contributed by atoms with Crippen molar-refractivity contribution in [3.05, 3.63) is 36.0 Å². The smallest absolute Gasteiger partial charge is 0.229 e. The number of benzene rings is 1. The highest BCUT2D eigenvalue weighted by atomic mass is 16.2. The van der Waals surface area contributed by atoms with Gasteiger partial charge in [0, 0.05) is 35.1 Å². The number of carbonyl (C=O) groups is 1. The minimum absolute atomic E-state index is 0.00934. The first-order valence-electron chi connectivity index (χ1n) is 8.06. The molecule has 1 aromatic heterocycles. The summed E-state index contributed by atoms with van der Waals surface area (Å²) in [6.07, 6.45) is 0. The Labute approximate surface area is 143 Å². The lowest BCUT2D eigenvalue weighted by Gasteiger charge is -2.17. The van der Waals surface area contributed by atoms with E-state index in [9.17, 15) is 4.79 Å². The molecule has 0 unspecified atom stereocenters. The van der Waals surface area contributed by atoms with Crippen molar-refractivity contribution in [1.82, 2.24) is 9.97 Å². The molecule has 1 aromatic carbocycles. The first-order chi connectivity index (χ1) is 11.3. The SMILES string of the molecule is CCNc1nc(C)cc(Nc2ccc(NC(=O)C(C)(C)C)cc2)n1. The third-order valence-corrected chi connectivity index (χ3v) is 3.29. The maximum absolute atomic E-state index is 12.0. The molecule has 2 aromatic rings. The second kappa shape index (κ2) is 7.29. The molecule has 0 bridgehead atoms. The molecule has 0 aliphatic heterocycles. The molecule has 6 heteroatoms. The van der Waals surface area contributed by atoms with Crippen molar-refractivity contribution >= 4 is 29.0 Å². The van der Waals surface area contributed by atoms with Gasteiger partial charge < -0.3 is 16.0 Å². The highest BCUT2D eigenvalue weighted by molar-refractivity contribution is 5.94. The van der Waals surface area contributed by atoms with Crippen LogP contribution in [0.4, 0.5) is 23.1 Å². The van der Waals surface area contributed by atoms with Crippen LogP contribution < -0.4 is 16.0 Å². The number of carbonyl (C=O) groups excluding carboxylic acids is 1. The van der Waals surface area contributed by atoms with Crippen LogP contribution in [0.2, 0.25) is 0 Å². The molecule has 128 valence electrons. The molecule has 0 spiro atoms. The van der Waals surface area contributed by atoms with Crippen molar-refractivity contribution in [2.75, 3.05) is 22.5 Å². The molecule has 1 heterocycles. The molecular formula is C18H25N5O. The zero-order chi connectivity index (χ0) is 17.7. The zero-order valence-corrected chi connectivity index (χ0v) is 14.9. The number of anilines is 4. The van der Waals surface area contributed by atoms with E-state index >= 15 is 0 Å². The first-order valence-corrected chi connectivity index (χ1v) is 8.06. The van der Waals surface area contributed by atoms with Crippen molar-refractivity contribution in [2.45, 2.75) is 34.6 Å². The standard InChI is InChI=1S/C18H25N5O/c1-6-19-17-20-12(2)11-15(23-17)21-13-7-9-14(10-8-13)22-16(24)18(3,4)5/h7-11H,6H2,1-5H3,(H,22,24)(H2,19,20,21,23). The van der Waals surface area contributed by atoms with Crippen LogP contribution in [-0.4, -0.2) is 22.4 Å². The molecule has 24 heavy (non-hydrogen) atoms. The third kappa shape index (κ3) is 4.94. The fourth-order valence-electron chi connectivity index (χ4n) is 1.97. The summed E-state index contributed by atoms with van der Waals surface area (Å²) in [7, 11) is 0. The summed E-state index contributed by atoms with van der Waals surface area (Å²) in [6, 6.07) is 9.43. The van der Waals surface area contributed by atoms with Crippen LogP contribution in [0.5, 0.6) is 0 Å². The molecule has 0 aliphatic carbocycles. The number of nitrogens with zero attached hydrogens (tertiary/aromatic N) is 2. The van der Waals surface area contributed by atoms with E-state index in [-0.39, 0.29) is 5.91 Å². The van der Waals surface area contributed by atoms with Crippen molar-refractivity contribution in [3.8, 4) is 0 Å². The monoisotopic (exact) mass is 327 g/mol. The molecule has 0 aliphatic rings. The number of rotatable bonds is 5. The lowest BCUT2D eigenvalue weighted by Crippen LogP contribution is -2.27. The summed E-state index contributed by atoms with van der Waals surface area (Å²) < 4.78 is 0. The zero-order valence-electron chi connectivity index (χ0n) is 14.9. The fraction of sp³-hybridized carbons (Fsp3) is 0.389. The van der Waals surface area contributed by atoms with Crippen LogP contribution in [0.25, 0.3) is 0 Å². The van der Waals surface area contributed by atoms with E-state index in [1.54, 1.807) is 0 Å². The fourth-order valence-corrected chi connectivity index (χ4v) is 1.97. The maximum Gasteiger partial charge on any atom is 0.229 e. The lowest BCUT2D eigenvalue weighted by molar-refractivity contribution is -0.123. The molecule has 0 atom stereocenters. The van der Waals surface area contributed by atoms with Gasteiger partial charge in [0.2, 0.25) is 11.9 Å². The maximum atomic E-state index is 12.0. The van der Waals surface area contributed by atoms with E-state index in [2.05, 4.69) is 25.9 Å². The number of hydrogen-bond acceptors (Lipinski definition) is 5. The van der Waals surface area contributed by atoms with E-state index in [0.29, 0.717) is 5.95 Å². The Hall–Kier alpha value is -2.63. The molecule has 0 fully saturated rings. The highest BCUT2D eigenvalue weighted by Crippen LogP contribution is 2.21. The summed E-state index contributed by atoms with van der Waals surface area (Å²) in [5, 5.41) is 9.27. The van der Waals surface area contributed by atoms with Crippen molar-refractivity contribution < 1.29 is 4.79 Å². The van der Waals surface area contributed by atoms with E-state index in [1.807, 2.05) is 65.0 Å². The van der Waals surface area contributed by atoms with Crippen LogP contribution in [0.15, 0.2) is 30.3 Å². The Balaban J connectivity index is 2.08. The van der Waals surface area contributed by atoms with Gasteiger partial charge in [-0.25, -0.2) is 4.98 Å². The molecular weight excluding hydrogens is 302 g/mol. The number of aryl methyl sites for hydroxylation is 1. The lowest BCUT2D eigenvalue weighted by atomic mass is 9.95. The molecule has 2 rings (SSSR count). The van der Waals surface area contributed by atoms with Gasteiger partial charge >= 0.3 is 0 Å². The van der Waals surface area contributed by atoms with E-state index < -0.39 is 5.41 Å². The Bertz CT molecular complexity index is 704. The molecule has 1 amide bonds. The van der Waals surface area contributed by atoms with Gasteiger partial charge in [-0.3, -0.25) is 4.79 Å². The molecule has 3 N–H and O–H groups in total. The summed E-state index contributed by atoms with van der Waals surface area (Å²) in [5.41, 5.74) is 2.13. The van der Waals surface area contributed by atoms with Gasteiger partial charge in [-0.05, 0) is 38.1 Å². The quantitative estimate of drug-likeness (QED) is 0.775.